The highest BCUT2D eigenvalue weighted by atomic mass is 16.5. The number of fused-ring (bicyclic) bond motifs is 1. The standard InChI is InChI=1S/C22H21N5O2/c1-29-20-9-5-4-8-18(20)27-22(28)19-13-26-21(14-25-19)23-11-10-15-12-24-17-7-3-2-6-16(15)17/h2-9,12-14,24H,10-11H2,1H3,(H,23,26)(H,27,28). The zero-order valence-corrected chi connectivity index (χ0v) is 16.0. The van der Waals surface area contributed by atoms with Crippen LogP contribution in [-0.4, -0.2) is 34.5 Å². The van der Waals surface area contributed by atoms with E-state index in [9.17, 15) is 4.79 Å². The van der Waals surface area contributed by atoms with Crippen molar-refractivity contribution in [1.82, 2.24) is 15.0 Å². The summed E-state index contributed by atoms with van der Waals surface area (Å²) in [6.07, 6.45) is 5.90. The van der Waals surface area contributed by atoms with Crippen LogP contribution in [0.15, 0.2) is 67.1 Å². The van der Waals surface area contributed by atoms with Gasteiger partial charge < -0.3 is 20.4 Å². The van der Waals surface area contributed by atoms with Gasteiger partial charge >= 0.3 is 0 Å². The van der Waals surface area contributed by atoms with Gasteiger partial charge in [-0.15, -0.1) is 0 Å². The highest BCUT2D eigenvalue weighted by molar-refractivity contribution is 6.03. The van der Waals surface area contributed by atoms with E-state index >= 15 is 0 Å². The lowest BCUT2D eigenvalue weighted by Crippen LogP contribution is -2.15. The minimum atomic E-state index is -0.340. The maximum Gasteiger partial charge on any atom is 0.275 e. The number of carbonyl (C=O) groups excluding carboxylic acids is 1. The first-order valence-electron chi connectivity index (χ1n) is 9.30. The van der Waals surface area contributed by atoms with Crippen LogP contribution in [0.5, 0.6) is 5.75 Å². The Hall–Kier alpha value is -3.87. The fraction of sp³-hybridized carbons (Fsp3) is 0.136. The van der Waals surface area contributed by atoms with Crippen molar-refractivity contribution >= 4 is 28.3 Å². The van der Waals surface area contributed by atoms with E-state index in [-0.39, 0.29) is 11.6 Å². The van der Waals surface area contributed by atoms with Gasteiger partial charge in [0, 0.05) is 23.6 Å². The largest absolute Gasteiger partial charge is 0.495 e. The molecule has 0 bridgehead atoms. The van der Waals surface area contributed by atoms with Gasteiger partial charge in [-0.25, -0.2) is 9.97 Å². The van der Waals surface area contributed by atoms with Gasteiger partial charge in [-0.1, -0.05) is 30.3 Å². The molecule has 0 aliphatic rings. The third-order valence-corrected chi connectivity index (χ3v) is 4.62. The van der Waals surface area contributed by atoms with Gasteiger partial charge in [0.15, 0.2) is 0 Å². The van der Waals surface area contributed by atoms with E-state index in [0.717, 1.165) is 11.9 Å². The van der Waals surface area contributed by atoms with E-state index in [1.165, 1.54) is 17.1 Å². The maximum atomic E-state index is 12.4. The van der Waals surface area contributed by atoms with E-state index in [4.69, 9.17) is 4.74 Å². The van der Waals surface area contributed by atoms with Crippen LogP contribution in [0.3, 0.4) is 0 Å². The number of hydrogen-bond donors (Lipinski definition) is 3. The molecule has 2 aromatic carbocycles. The number of rotatable bonds is 7. The molecule has 29 heavy (non-hydrogen) atoms. The van der Waals surface area contributed by atoms with Gasteiger partial charge in [0.25, 0.3) is 5.91 Å². The summed E-state index contributed by atoms with van der Waals surface area (Å²) in [6.45, 7) is 0.712. The van der Waals surface area contributed by atoms with Crippen molar-refractivity contribution in [2.45, 2.75) is 6.42 Å². The molecular formula is C22H21N5O2. The van der Waals surface area contributed by atoms with Gasteiger partial charge in [-0.05, 0) is 30.2 Å². The topological polar surface area (TPSA) is 91.9 Å². The highest BCUT2D eigenvalue weighted by Crippen LogP contribution is 2.23. The molecule has 146 valence electrons. The second-order valence-electron chi connectivity index (χ2n) is 6.48. The Balaban J connectivity index is 1.34. The number of ether oxygens (including phenoxy) is 1. The minimum Gasteiger partial charge on any atom is -0.495 e. The second-order valence-corrected chi connectivity index (χ2v) is 6.48. The van der Waals surface area contributed by atoms with E-state index in [1.807, 2.05) is 30.5 Å². The third-order valence-electron chi connectivity index (χ3n) is 4.62. The summed E-state index contributed by atoms with van der Waals surface area (Å²) in [5, 5.41) is 7.25. The van der Waals surface area contributed by atoms with Crippen LogP contribution in [0.2, 0.25) is 0 Å². The van der Waals surface area contributed by atoms with Crippen LogP contribution in [0.25, 0.3) is 10.9 Å². The molecule has 7 nitrogen and oxygen atoms in total. The Kier molecular flexibility index (Phi) is 5.38. The predicted octanol–water partition coefficient (Wildman–Crippen LogP) is 3.87. The van der Waals surface area contributed by atoms with Crippen molar-refractivity contribution in [1.29, 1.82) is 0 Å². The molecule has 0 aliphatic heterocycles. The molecule has 0 atom stereocenters. The highest BCUT2D eigenvalue weighted by Gasteiger charge is 2.11. The van der Waals surface area contributed by atoms with Crippen molar-refractivity contribution < 1.29 is 9.53 Å². The normalized spacial score (nSPS) is 10.7. The quantitative estimate of drug-likeness (QED) is 0.448. The molecule has 0 fully saturated rings. The Bertz CT molecular complexity index is 1120. The number of aromatic amines is 1. The van der Waals surface area contributed by atoms with Crippen LogP contribution in [-0.2, 0) is 6.42 Å². The first kappa shape index (κ1) is 18.5. The first-order valence-corrected chi connectivity index (χ1v) is 9.30. The Morgan fingerprint density at radius 1 is 1.07 bits per heavy atom. The van der Waals surface area contributed by atoms with Crippen molar-refractivity contribution in [3.8, 4) is 5.75 Å². The van der Waals surface area contributed by atoms with Crippen molar-refractivity contribution in [3.05, 3.63) is 78.4 Å². The molecule has 0 saturated heterocycles. The molecule has 0 radical (unpaired) electrons. The number of anilines is 2. The van der Waals surface area contributed by atoms with Crippen LogP contribution in [0.1, 0.15) is 16.1 Å². The fourth-order valence-electron chi connectivity index (χ4n) is 3.13. The van der Waals surface area contributed by atoms with E-state index in [1.54, 1.807) is 25.4 Å². The van der Waals surface area contributed by atoms with Crippen molar-refractivity contribution in [3.63, 3.8) is 0 Å². The molecule has 4 rings (SSSR count). The van der Waals surface area contributed by atoms with Gasteiger partial charge in [0.2, 0.25) is 0 Å². The zero-order chi connectivity index (χ0) is 20.1. The van der Waals surface area contributed by atoms with Gasteiger partial charge in [-0.2, -0.15) is 0 Å². The summed E-state index contributed by atoms with van der Waals surface area (Å²) >= 11 is 0. The first-order chi connectivity index (χ1) is 14.2. The fourth-order valence-corrected chi connectivity index (χ4v) is 3.13. The third kappa shape index (κ3) is 4.19. The number of hydrogen-bond acceptors (Lipinski definition) is 5. The molecule has 0 aliphatic carbocycles. The number of benzene rings is 2. The van der Waals surface area contributed by atoms with Crippen molar-refractivity contribution in [2.75, 3.05) is 24.3 Å². The maximum absolute atomic E-state index is 12.4. The van der Waals surface area contributed by atoms with Crippen LogP contribution in [0.4, 0.5) is 11.5 Å². The Labute approximate surface area is 168 Å². The molecule has 3 N–H and O–H groups in total. The molecule has 4 aromatic rings. The summed E-state index contributed by atoms with van der Waals surface area (Å²) in [6, 6.07) is 15.4. The summed E-state index contributed by atoms with van der Waals surface area (Å²) in [5.41, 5.74) is 3.20. The number of methoxy groups -OCH3 is 1. The Morgan fingerprint density at radius 2 is 1.90 bits per heavy atom. The summed E-state index contributed by atoms with van der Waals surface area (Å²) < 4.78 is 5.24. The monoisotopic (exact) mass is 387 g/mol. The molecule has 0 unspecified atom stereocenters. The smallest absolute Gasteiger partial charge is 0.275 e. The van der Waals surface area contributed by atoms with Crippen LogP contribution in [0, 0.1) is 0 Å². The molecule has 2 heterocycles. The van der Waals surface area contributed by atoms with Gasteiger partial charge in [0.1, 0.15) is 17.3 Å². The number of H-pyrrole nitrogens is 1. The van der Waals surface area contributed by atoms with Gasteiger partial charge in [-0.3, -0.25) is 4.79 Å². The van der Waals surface area contributed by atoms with Crippen LogP contribution < -0.4 is 15.4 Å². The predicted molar refractivity (Wildman–Crippen MR) is 113 cm³/mol. The zero-order valence-electron chi connectivity index (χ0n) is 16.0. The molecular weight excluding hydrogens is 366 g/mol. The number of amides is 1. The van der Waals surface area contributed by atoms with E-state index in [0.29, 0.717) is 23.8 Å². The van der Waals surface area contributed by atoms with E-state index < -0.39 is 0 Å². The summed E-state index contributed by atoms with van der Waals surface area (Å²) in [5.74, 6) is 0.871. The SMILES string of the molecule is COc1ccccc1NC(=O)c1cnc(NCCc2c[nH]c3ccccc23)cn1. The Morgan fingerprint density at radius 3 is 2.72 bits per heavy atom. The average molecular weight is 387 g/mol. The minimum absolute atomic E-state index is 0.234. The van der Waals surface area contributed by atoms with Gasteiger partial charge in [0.05, 0.1) is 25.2 Å². The molecule has 0 spiro atoms. The number of nitrogens with zero attached hydrogens (tertiary/aromatic N) is 2. The average Bonchev–Trinajstić information content (AvgIpc) is 3.18. The number of nitrogens with one attached hydrogen (secondary N) is 3. The number of aromatic nitrogens is 3. The lowest BCUT2D eigenvalue weighted by atomic mass is 10.1. The summed E-state index contributed by atoms with van der Waals surface area (Å²) in [7, 11) is 1.56. The second kappa shape index (κ2) is 8.43. The number of carbonyl (C=O) groups is 1. The lowest BCUT2D eigenvalue weighted by Gasteiger charge is -2.09. The lowest BCUT2D eigenvalue weighted by molar-refractivity contribution is 0.102. The number of para-hydroxylation sites is 3. The molecule has 0 saturated carbocycles. The van der Waals surface area contributed by atoms with E-state index in [2.05, 4.69) is 37.7 Å². The molecule has 7 heteroatoms. The van der Waals surface area contributed by atoms with Crippen molar-refractivity contribution in [2.24, 2.45) is 0 Å². The molecule has 1 amide bonds. The van der Waals surface area contributed by atoms with Crippen LogP contribution >= 0.6 is 0 Å². The summed E-state index contributed by atoms with van der Waals surface area (Å²) in [4.78, 5) is 24.2. The molecule has 2 aromatic heterocycles.